The fourth-order valence-electron chi connectivity index (χ4n) is 2.71. The van der Waals surface area contributed by atoms with Gasteiger partial charge >= 0.3 is 0 Å². The van der Waals surface area contributed by atoms with Gasteiger partial charge in [-0.25, -0.2) is 4.98 Å². The molecule has 146 valence electrons. The first kappa shape index (κ1) is 20.6. The number of rotatable bonds is 6. The number of nitrogens with one attached hydrogen (secondary N) is 2. The Morgan fingerprint density at radius 3 is 2.61 bits per heavy atom. The van der Waals surface area contributed by atoms with Gasteiger partial charge in [0, 0.05) is 0 Å². The highest BCUT2D eigenvalue weighted by Gasteiger charge is 2.14. The van der Waals surface area contributed by atoms with Crippen LogP contribution in [0.1, 0.15) is 12.7 Å². The third kappa shape index (κ3) is 4.83. The molecule has 0 aliphatic heterocycles. The average molecular weight is 440 g/mol. The molecule has 3 rings (SSSR count). The van der Waals surface area contributed by atoms with Gasteiger partial charge in [-0.1, -0.05) is 53.9 Å². The number of benzene rings is 2. The van der Waals surface area contributed by atoms with Crippen LogP contribution in [0.5, 0.6) is 0 Å². The van der Waals surface area contributed by atoms with Gasteiger partial charge in [0.25, 0.3) is 5.56 Å². The number of amides is 1. The predicted octanol–water partition coefficient (Wildman–Crippen LogP) is 4.34. The Bertz CT molecular complexity index is 1080. The van der Waals surface area contributed by atoms with Gasteiger partial charge < -0.3 is 10.3 Å². The number of H-pyrrole nitrogens is 1. The van der Waals surface area contributed by atoms with Crippen LogP contribution >= 0.6 is 34.8 Å². The van der Waals surface area contributed by atoms with Crippen molar-refractivity contribution in [2.45, 2.75) is 13.5 Å². The lowest BCUT2D eigenvalue weighted by atomic mass is 10.2. The molecule has 0 atom stereocenters. The number of fused-ring (bicyclic) bond motifs is 1. The van der Waals surface area contributed by atoms with Gasteiger partial charge in [0.05, 0.1) is 44.7 Å². The van der Waals surface area contributed by atoms with E-state index in [1.54, 1.807) is 18.2 Å². The van der Waals surface area contributed by atoms with Crippen molar-refractivity contribution >= 4 is 57.3 Å². The second-order valence-corrected chi connectivity index (χ2v) is 7.35. The molecule has 0 saturated carbocycles. The number of aromatic nitrogens is 2. The van der Waals surface area contributed by atoms with E-state index >= 15 is 0 Å². The zero-order valence-corrected chi connectivity index (χ0v) is 17.2. The number of hydrogen-bond acceptors (Lipinski definition) is 4. The summed E-state index contributed by atoms with van der Waals surface area (Å²) >= 11 is 18.0. The molecule has 0 saturated heterocycles. The van der Waals surface area contributed by atoms with Crippen LogP contribution in [0.2, 0.25) is 15.1 Å². The minimum atomic E-state index is -0.273. The molecule has 0 radical (unpaired) electrons. The molecule has 0 bridgehead atoms. The van der Waals surface area contributed by atoms with Crippen molar-refractivity contribution in [1.29, 1.82) is 0 Å². The molecule has 2 N–H and O–H groups in total. The number of anilines is 1. The lowest BCUT2D eigenvalue weighted by molar-refractivity contribution is -0.117. The van der Waals surface area contributed by atoms with Crippen molar-refractivity contribution < 1.29 is 4.79 Å². The van der Waals surface area contributed by atoms with Crippen molar-refractivity contribution in [2.24, 2.45) is 0 Å². The monoisotopic (exact) mass is 438 g/mol. The number of hydrogen-bond donors (Lipinski definition) is 2. The molecule has 3 aromatic rings. The Morgan fingerprint density at radius 2 is 1.86 bits per heavy atom. The van der Waals surface area contributed by atoms with Gasteiger partial charge in [-0.3, -0.25) is 14.5 Å². The van der Waals surface area contributed by atoms with E-state index in [-0.39, 0.29) is 18.0 Å². The van der Waals surface area contributed by atoms with Crippen molar-refractivity contribution in [1.82, 2.24) is 14.9 Å². The molecule has 1 aromatic heterocycles. The Balaban J connectivity index is 1.71. The van der Waals surface area contributed by atoms with Crippen LogP contribution in [0.3, 0.4) is 0 Å². The lowest BCUT2D eigenvalue weighted by Gasteiger charge is -2.19. The Kier molecular flexibility index (Phi) is 6.57. The smallest absolute Gasteiger partial charge is 0.258 e. The number of carbonyl (C=O) groups excluding carboxylic acids is 1. The largest absolute Gasteiger partial charge is 0.324 e. The molecule has 0 aliphatic carbocycles. The van der Waals surface area contributed by atoms with Gasteiger partial charge in [0.15, 0.2) is 0 Å². The average Bonchev–Trinajstić information content (AvgIpc) is 2.65. The molecular formula is C19H17Cl3N4O2. The first-order chi connectivity index (χ1) is 13.4. The fraction of sp³-hybridized carbons (Fsp3) is 0.211. The van der Waals surface area contributed by atoms with Crippen molar-refractivity contribution in [3.05, 3.63) is 67.6 Å². The summed E-state index contributed by atoms with van der Waals surface area (Å²) in [7, 11) is 0. The highest BCUT2D eigenvalue weighted by Crippen LogP contribution is 2.32. The van der Waals surface area contributed by atoms with Gasteiger partial charge in [0.1, 0.15) is 5.82 Å². The third-order valence-corrected chi connectivity index (χ3v) is 5.17. The number of aromatic amines is 1. The van der Waals surface area contributed by atoms with Crippen LogP contribution < -0.4 is 10.9 Å². The van der Waals surface area contributed by atoms with Gasteiger partial charge in [-0.05, 0) is 30.8 Å². The van der Waals surface area contributed by atoms with Crippen LogP contribution in [0, 0.1) is 0 Å². The summed E-state index contributed by atoms with van der Waals surface area (Å²) in [6.07, 6.45) is 0. The van der Waals surface area contributed by atoms with Gasteiger partial charge in [0.2, 0.25) is 5.91 Å². The summed E-state index contributed by atoms with van der Waals surface area (Å²) in [5, 5.41) is 4.16. The molecule has 1 heterocycles. The number of carbonyl (C=O) groups is 1. The quantitative estimate of drug-likeness (QED) is 0.560. The number of halogens is 3. The standard InChI is InChI=1S/C19H17Cl3N4O2/c1-2-26(9-17-23-15-6-4-3-5-11(15)19(28)25-17)10-18(27)24-16-8-13(21)12(20)7-14(16)22/h3-8H,2,9-10H2,1H3,(H,24,27)(H,23,25,28). The van der Waals surface area contributed by atoms with Crippen LogP contribution in [0.15, 0.2) is 41.2 Å². The number of para-hydroxylation sites is 1. The Labute approximate surface area is 176 Å². The number of likely N-dealkylation sites (N-methyl/N-ethyl adjacent to an activating group) is 1. The van der Waals surface area contributed by atoms with E-state index in [1.165, 1.54) is 12.1 Å². The maximum Gasteiger partial charge on any atom is 0.258 e. The summed E-state index contributed by atoms with van der Waals surface area (Å²) in [6.45, 7) is 2.90. The molecule has 0 unspecified atom stereocenters. The van der Waals surface area contributed by atoms with E-state index < -0.39 is 0 Å². The SMILES string of the molecule is CCN(CC(=O)Nc1cc(Cl)c(Cl)cc1Cl)Cc1nc2ccccc2c(=O)[nH]1. The van der Waals surface area contributed by atoms with E-state index in [0.717, 1.165) is 0 Å². The van der Waals surface area contributed by atoms with Crippen LogP contribution in [-0.4, -0.2) is 33.9 Å². The normalized spacial score (nSPS) is 11.2. The summed E-state index contributed by atoms with van der Waals surface area (Å²) in [4.78, 5) is 33.7. The van der Waals surface area contributed by atoms with Gasteiger partial charge in [-0.2, -0.15) is 0 Å². The highest BCUT2D eigenvalue weighted by atomic mass is 35.5. The first-order valence-corrected chi connectivity index (χ1v) is 9.65. The van der Waals surface area contributed by atoms with E-state index in [9.17, 15) is 9.59 Å². The summed E-state index contributed by atoms with van der Waals surface area (Å²) in [5.41, 5.74) is 0.794. The summed E-state index contributed by atoms with van der Waals surface area (Å²) in [6, 6.07) is 10.1. The summed E-state index contributed by atoms with van der Waals surface area (Å²) < 4.78 is 0. The lowest BCUT2D eigenvalue weighted by Crippen LogP contribution is -2.34. The molecule has 6 nitrogen and oxygen atoms in total. The Morgan fingerprint density at radius 1 is 1.14 bits per heavy atom. The third-order valence-electron chi connectivity index (χ3n) is 4.13. The summed E-state index contributed by atoms with van der Waals surface area (Å²) in [5.74, 6) is 0.219. The fourth-order valence-corrected chi connectivity index (χ4v) is 3.31. The second-order valence-electron chi connectivity index (χ2n) is 6.13. The van der Waals surface area contributed by atoms with Crippen molar-refractivity contribution in [3.63, 3.8) is 0 Å². The molecule has 0 fully saturated rings. The molecule has 9 heteroatoms. The molecule has 0 aliphatic rings. The molecule has 2 aromatic carbocycles. The maximum atomic E-state index is 12.4. The molecular weight excluding hydrogens is 423 g/mol. The molecule has 1 amide bonds. The second kappa shape index (κ2) is 8.92. The topological polar surface area (TPSA) is 78.1 Å². The first-order valence-electron chi connectivity index (χ1n) is 8.52. The zero-order valence-electron chi connectivity index (χ0n) is 14.9. The van der Waals surface area contributed by atoms with E-state index in [2.05, 4.69) is 15.3 Å². The minimum absolute atomic E-state index is 0.0869. The predicted molar refractivity (Wildman–Crippen MR) is 113 cm³/mol. The van der Waals surface area contributed by atoms with E-state index in [4.69, 9.17) is 34.8 Å². The van der Waals surface area contributed by atoms with E-state index in [0.29, 0.717) is 50.6 Å². The van der Waals surface area contributed by atoms with Crippen LogP contribution in [0.25, 0.3) is 10.9 Å². The van der Waals surface area contributed by atoms with Crippen molar-refractivity contribution in [3.8, 4) is 0 Å². The maximum absolute atomic E-state index is 12.4. The van der Waals surface area contributed by atoms with Gasteiger partial charge in [-0.15, -0.1) is 0 Å². The Hall–Kier alpha value is -2.12. The zero-order chi connectivity index (χ0) is 20.3. The van der Waals surface area contributed by atoms with E-state index in [1.807, 2.05) is 17.9 Å². The molecule has 0 spiro atoms. The highest BCUT2D eigenvalue weighted by molar-refractivity contribution is 6.44. The van der Waals surface area contributed by atoms with Crippen LogP contribution in [-0.2, 0) is 11.3 Å². The number of nitrogens with zero attached hydrogens (tertiary/aromatic N) is 2. The van der Waals surface area contributed by atoms with Crippen molar-refractivity contribution in [2.75, 3.05) is 18.4 Å². The molecule has 28 heavy (non-hydrogen) atoms. The van der Waals surface area contributed by atoms with Crippen LogP contribution in [0.4, 0.5) is 5.69 Å². The minimum Gasteiger partial charge on any atom is -0.324 e.